The van der Waals surface area contributed by atoms with Crippen molar-refractivity contribution in [2.45, 2.75) is 89.4 Å². The predicted octanol–water partition coefficient (Wildman–Crippen LogP) is 9.53. The Hall–Kier alpha value is -6.49. The lowest BCUT2D eigenvalue weighted by Crippen LogP contribution is -2.70. The van der Waals surface area contributed by atoms with E-state index in [2.05, 4.69) is 12.7 Å². The Morgan fingerprint density at radius 1 is 0.956 bits per heavy atom. The Kier molecular flexibility index (Phi) is 15.6. The fourth-order valence-electron chi connectivity index (χ4n) is 10.2. The summed E-state index contributed by atoms with van der Waals surface area (Å²) in [5.74, 6) is -0.940. The van der Waals surface area contributed by atoms with Gasteiger partial charge in [-0.15, -0.1) is 6.58 Å². The fraction of sp³-hybridized carbons (Fsp3) is 0.423. The van der Waals surface area contributed by atoms with Crippen LogP contribution in [0.2, 0.25) is 0 Å². The molecule has 4 aliphatic rings. The first-order chi connectivity index (χ1) is 33.2. The van der Waals surface area contributed by atoms with Gasteiger partial charge in [-0.3, -0.25) is 15.0 Å². The molecular formula is C52H58FN3O12. The van der Waals surface area contributed by atoms with Crippen molar-refractivity contribution in [3.8, 4) is 23.0 Å². The number of carbonyl (C=O) groups is 1. The third kappa shape index (κ3) is 10.3. The molecule has 8 rings (SSSR count). The number of aliphatic hydroxyl groups excluding tert-OH is 2. The lowest BCUT2D eigenvalue weighted by Gasteiger charge is -2.59. The first-order valence-electron chi connectivity index (χ1n) is 23.3. The topological polar surface area (TPSA) is 181 Å². The number of rotatable bonds is 22. The number of hydrogen-bond acceptors (Lipinski definition) is 13. The Morgan fingerprint density at radius 2 is 1.71 bits per heavy atom. The predicted molar refractivity (Wildman–Crippen MR) is 249 cm³/mol. The quantitative estimate of drug-likeness (QED) is 0.0330. The molecule has 360 valence electrons. The largest absolute Gasteiger partial charge is 0.489 e. The summed E-state index contributed by atoms with van der Waals surface area (Å²) in [5, 5.41) is 36.3. The van der Waals surface area contributed by atoms with E-state index in [1.54, 1.807) is 60.4 Å². The number of non-ortho nitro benzene ring substituents is 1. The van der Waals surface area contributed by atoms with Crippen molar-refractivity contribution >= 4 is 17.5 Å². The molecule has 1 fully saturated rings. The summed E-state index contributed by atoms with van der Waals surface area (Å²) in [6.07, 6.45) is 7.43. The molecular weight excluding hydrogens is 878 g/mol. The van der Waals surface area contributed by atoms with Crippen LogP contribution >= 0.6 is 0 Å². The molecule has 2 aliphatic heterocycles. The second kappa shape index (κ2) is 22.1. The molecule has 0 radical (unpaired) electrons. The van der Waals surface area contributed by atoms with E-state index in [0.717, 1.165) is 29.5 Å². The molecule has 2 aliphatic carbocycles. The molecule has 15 nitrogen and oxygen atoms in total. The summed E-state index contributed by atoms with van der Waals surface area (Å²) in [6, 6.07) is 22.7. The third-order valence-corrected chi connectivity index (χ3v) is 13.2. The van der Waals surface area contributed by atoms with E-state index in [4.69, 9.17) is 38.4 Å². The summed E-state index contributed by atoms with van der Waals surface area (Å²) in [4.78, 5) is 33.4. The second-order valence-electron chi connectivity index (χ2n) is 17.4. The Labute approximate surface area is 394 Å². The molecule has 0 saturated heterocycles. The monoisotopic (exact) mass is 935 g/mol. The van der Waals surface area contributed by atoms with Gasteiger partial charge in [-0.25, -0.2) is 9.18 Å². The molecule has 2 heterocycles. The van der Waals surface area contributed by atoms with Crippen LogP contribution in [0.25, 0.3) is 0 Å². The smallest absolute Gasteiger partial charge is 0.410 e. The molecule has 1 saturated carbocycles. The van der Waals surface area contributed by atoms with Crippen LogP contribution in [0.1, 0.15) is 80.0 Å². The number of fused-ring (bicyclic) bond motifs is 3. The van der Waals surface area contributed by atoms with E-state index in [-0.39, 0.29) is 88.7 Å². The van der Waals surface area contributed by atoms with Gasteiger partial charge in [0.2, 0.25) is 12.6 Å². The highest BCUT2D eigenvalue weighted by molar-refractivity contribution is 6.03. The first kappa shape index (κ1) is 48.0. The summed E-state index contributed by atoms with van der Waals surface area (Å²) >= 11 is 0. The number of hydrogen-bond donors (Lipinski definition) is 2. The first-order valence-corrected chi connectivity index (χ1v) is 23.3. The molecule has 16 heteroatoms. The number of nitro benzene ring substituents is 1. The maximum absolute atomic E-state index is 14.8. The zero-order chi connectivity index (χ0) is 47.6. The summed E-state index contributed by atoms with van der Waals surface area (Å²) in [5.41, 5.74) is 3.92. The zero-order valence-corrected chi connectivity index (χ0v) is 38.1. The van der Waals surface area contributed by atoms with E-state index in [0.29, 0.717) is 65.5 Å². The molecule has 68 heavy (non-hydrogen) atoms. The van der Waals surface area contributed by atoms with Crippen LogP contribution in [0.5, 0.6) is 23.0 Å². The minimum absolute atomic E-state index is 0.00379. The number of amides is 1. The van der Waals surface area contributed by atoms with Gasteiger partial charge in [-0.1, -0.05) is 54.4 Å². The number of halogens is 1. The van der Waals surface area contributed by atoms with Gasteiger partial charge in [-0.05, 0) is 110 Å². The average Bonchev–Trinajstić information content (AvgIpc) is 3.82. The number of nitrogens with zero attached hydrogens (tertiary/aromatic N) is 3. The van der Waals surface area contributed by atoms with Crippen LogP contribution in [0.4, 0.5) is 14.9 Å². The van der Waals surface area contributed by atoms with Crippen LogP contribution < -0.4 is 18.9 Å². The molecule has 4 aromatic carbocycles. The van der Waals surface area contributed by atoms with Gasteiger partial charge in [0.1, 0.15) is 36.6 Å². The van der Waals surface area contributed by atoms with Gasteiger partial charge in [0.15, 0.2) is 11.5 Å². The van der Waals surface area contributed by atoms with Crippen molar-refractivity contribution < 1.29 is 57.6 Å². The molecule has 0 aromatic heterocycles. The minimum atomic E-state index is -1.58. The molecule has 6 atom stereocenters. The van der Waals surface area contributed by atoms with Crippen molar-refractivity contribution in [2.24, 2.45) is 22.9 Å². The van der Waals surface area contributed by atoms with Crippen molar-refractivity contribution in [3.05, 3.63) is 147 Å². The van der Waals surface area contributed by atoms with E-state index in [1.165, 1.54) is 18.2 Å². The standard InChI is InChI=1S/C52H58FN3O12/c1-3-25-66-52-48(55(51(59)62-4-2)30-35-17-21-46-47(26-35)65-33-64-46)29-44(54-67-31-34-15-18-38(19-16-34)56(60)61)41-27-36(11-7-9-23-57)40(13-8-10-24-58)49(50(41)52)42-28-39(20-22-45(42)68-52)63-32-37-12-5-6-14-43(37)53/h3,5-6,12,14-22,26-28,36,40,48-50,57-58H,1,4,7-11,13,23-25,29-33H2,2H3. The van der Waals surface area contributed by atoms with Crippen LogP contribution in [0.3, 0.4) is 0 Å². The Bertz CT molecular complexity index is 2480. The molecule has 0 spiro atoms. The number of unbranched alkanes of at least 4 members (excludes halogenated alkanes) is 2. The summed E-state index contributed by atoms with van der Waals surface area (Å²) in [7, 11) is 0. The zero-order valence-electron chi connectivity index (χ0n) is 38.1. The number of oxime groups is 1. The molecule has 1 amide bonds. The number of allylic oxidation sites excluding steroid dienone is 1. The molecule has 2 N–H and O–H groups in total. The third-order valence-electron chi connectivity index (χ3n) is 13.2. The number of ether oxygens (including phenoxy) is 6. The highest BCUT2D eigenvalue weighted by atomic mass is 19.1. The summed E-state index contributed by atoms with van der Waals surface area (Å²) < 4.78 is 52.8. The maximum Gasteiger partial charge on any atom is 0.410 e. The van der Waals surface area contributed by atoms with Crippen LogP contribution in [-0.4, -0.2) is 76.9 Å². The van der Waals surface area contributed by atoms with Gasteiger partial charge < -0.3 is 43.5 Å². The number of carbonyl (C=O) groups excluding carboxylic acids is 1. The van der Waals surface area contributed by atoms with Crippen molar-refractivity contribution in [1.29, 1.82) is 0 Å². The van der Waals surface area contributed by atoms with Crippen molar-refractivity contribution in [1.82, 2.24) is 4.90 Å². The van der Waals surface area contributed by atoms with Gasteiger partial charge >= 0.3 is 6.09 Å². The highest BCUT2D eigenvalue weighted by Crippen LogP contribution is 2.62. The van der Waals surface area contributed by atoms with E-state index in [1.807, 2.05) is 24.3 Å². The van der Waals surface area contributed by atoms with Crippen molar-refractivity contribution in [2.75, 3.05) is 33.2 Å². The average molecular weight is 936 g/mol. The van der Waals surface area contributed by atoms with Crippen molar-refractivity contribution in [3.63, 3.8) is 0 Å². The van der Waals surface area contributed by atoms with Gasteiger partial charge in [-0.2, -0.15) is 0 Å². The van der Waals surface area contributed by atoms with Crippen LogP contribution in [0, 0.1) is 33.7 Å². The number of nitro groups is 1. The van der Waals surface area contributed by atoms with Gasteiger partial charge in [0, 0.05) is 55.4 Å². The minimum Gasteiger partial charge on any atom is -0.489 e. The van der Waals surface area contributed by atoms with Gasteiger partial charge in [0.05, 0.1) is 29.8 Å². The van der Waals surface area contributed by atoms with E-state index in [9.17, 15) is 29.5 Å². The van der Waals surface area contributed by atoms with Crippen LogP contribution in [0.15, 0.2) is 114 Å². The lowest BCUT2D eigenvalue weighted by molar-refractivity contribution is -0.384. The Morgan fingerprint density at radius 3 is 2.46 bits per heavy atom. The molecule has 0 bridgehead atoms. The maximum atomic E-state index is 14.8. The molecule has 4 aromatic rings. The van der Waals surface area contributed by atoms with E-state index < -0.39 is 28.8 Å². The number of benzene rings is 4. The Balaban J connectivity index is 1.31. The lowest BCUT2D eigenvalue weighted by atomic mass is 9.55. The second-order valence-corrected chi connectivity index (χ2v) is 17.4. The normalized spacial score (nSPS) is 22.6. The highest BCUT2D eigenvalue weighted by Gasteiger charge is 2.65. The van der Waals surface area contributed by atoms with E-state index >= 15 is 0 Å². The fourth-order valence-corrected chi connectivity index (χ4v) is 10.2. The van der Waals surface area contributed by atoms with Gasteiger partial charge in [0.25, 0.3) is 5.69 Å². The molecule has 6 unspecified atom stereocenters. The van der Waals surface area contributed by atoms with Crippen LogP contribution in [-0.2, 0) is 34.1 Å². The number of aliphatic hydroxyl groups is 2. The SMILES string of the molecule is C=CCOC12Oc3ccc(OCc4ccccc4F)cc3C3C(CCCCO)C(CCCCO)C=C(C(=NOCc4ccc([N+](=O)[O-])cc4)CC1N(Cc1ccc4c(c1)OCO4)C(=O)OCC)C32. The summed E-state index contributed by atoms with van der Waals surface area (Å²) in [6.45, 7) is 6.06.